The van der Waals surface area contributed by atoms with E-state index in [4.69, 9.17) is 15.0 Å². The number of ether oxygens (including phenoxy) is 2. The number of benzene rings is 2. The average molecular weight is 418 g/mol. The molecule has 3 unspecified atom stereocenters. The first-order valence-electron chi connectivity index (χ1n) is 10.3. The molecule has 2 fully saturated rings. The number of hydrogen-bond donors (Lipinski definition) is 0. The summed E-state index contributed by atoms with van der Waals surface area (Å²) in [5, 5.41) is 0. The van der Waals surface area contributed by atoms with Gasteiger partial charge < -0.3 is 15.0 Å². The van der Waals surface area contributed by atoms with Crippen LogP contribution in [0, 0.1) is 18.8 Å². The van der Waals surface area contributed by atoms with Crippen molar-refractivity contribution in [2.45, 2.75) is 25.7 Å². The zero-order valence-electron chi connectivity index (χ0n) is 17.7. The highest BCUT2D eigenvalue weighted by molar-refractivity contribution is 6.25. The molecule has 2 aliphatic rings. The van der Waals surface area contributed by atoms with Crippen LogP contribution in [0.15, 0.2) is 54.6 Å². The van der Waals surface area contributed by atoms with Crippen LogP contribution in [0.25, 0.3) is 11.6 Å². The Kier molecular flexibility index (Phi) is 7.52. The molecule has 6 nitrogen and oxygen atoms in total. The molecule has 1 saturated carbocycles. The van der Waals surface area contributed by atoms with E-state index >= 15 is 0 Å². The number of rotatable bonds is 7. The number of methoxy groups -OCH3 is 1. The van der Waals surface area contributed by atoms with Gasteiger partial charge in [0, 0.05) is 18.3 Å². The fourth-order valence-electron chi connectivity index (χ4n) is 3.71. The number of ketones is 1. The van der Waals surface area contributed by atoms with Gasteiger partial charge in [-0.3, -0.25) is 9.59 Å². The SMILES string of the molecule is COc1ccc(C2C3COC(=O)C32)cc1.Cc1ccc(/C=C/CCC(=O)C=[N+]=[N-])cc1. The predicted molar refractivity (Wildman–Crippen MR) is 118 cm³/mol. The first-order valence-corrected chi connectivity index (χ1v) is 10.3. The Balaban J connectivity index is 0.000000176. The highest BCUT2D eigenvalue weighted by Gasteiger charge is 2.61. The van der Waals surface area contributed by atoms with Gasteiger partial charge in [-0.2, -0.15) is 4.79 Å². The monoisotopic (exact) mass is 418 g/mol. The first kappa shape index (κ1) is 22.2. The summed E-state index contributed by atoms with van der Waals surface area (Å²) < 4.78 is 10.0. The van der Waals surface area contributed by atoms with E-state index in [0.29, 0.717) is 31.3 Å². The van der Waals surface area contributed by atoms with Gasteiger partial charge in [-0.05, 0) is 36.6 Å². The number of nitrogens with zero attached hydrogens (tertiary/aromatic N) is 2. The summed E-state index contributed by atoms with van der Waals surface area (Å²) >= 11 is 0. The summed E-state index contributed by atoms with van der Waals surface area (Å²) in [6, 6.07) is 16.1. The molecule has 0 spiro atoms. The molecule has 3 atom stereocenters. The number of cyclic esters (lactones) is 1. The third-order valence-electron chi connectivity index (χ3n) is 5.51. The maximum atomic E-state index is 11.3. The Labute approximate surface area is 182 Å². The number of carbonyl (C=O) groups is 2. The highest BCUT2D eigenvalue weighted by Crippen LogP contribution is 2.58. The quantitative estimate of drug-likeness (QED) is 0.291. The van der Waals surface area contributed by atoms with E-state index < -0.39 is 0 Å². The summed E-state index contributed by atoms with van der Waals surface area (Å²) in [7, 11) is 1.65. The van der Waals surface area contributed by atoms with Crippen LogP contribution in [-0.2, 0) is 14.3 Å². The molecule has 1 heterocycles. The minimum absolute atomic E-state index is 0.0270. The van der Waals surface area contributed by atoms with E-state index in [0.717, 1.165) is 17.5 Å². The smallest absolute Gasteiger partial charge is 0.323 e. The zero-order valence-corrected chi connectivity index (χ0v) is 17.7. The Hall–Kier alpha value is -3.50. The van der Waals surface area contributed by atoms with E-state index in [1.807, 2.05) is 67.6 Å². The summed E-state index contributed by atoms with van der Waals surface area (Å²) in [5.41, 5.74) is 11.7. The van der Waals surface area contributed by atoms with Crippen molar-refractivity contribution >= 4 is 24.0 Å². The molecule has 0 amide bonds. The molecule has 0 aromatic heterocycles. The topological polar surface area (TPSA) is 89.0 Å². The van der Waals surface area contributed by atoms with Gasteiger partial charge in [-0.25, -0.2) is 0 Å². The van der Waals surface area contributed by atoms with Crippen molar-refractivity contribution in [3.05, 3.63) is 76.8 Å². The van der Waals surface area contributed by atoms with Crippen LogP contribution in [-0.4, -0.2) is 36.5 Å². The van der Waals surface area contributed by atoms with Gasteiger partial charge in [-0.1, -0.05) is 54.1 Å². The molecule has 31 heavy (non-hydrogen) atoms. The van der Waals surface area contributed by atoms with Gasteiger partial charge in [0.05, 0.1) is 19.6 Å². The fraction of sp³-hybridized carbons (Fsp3) is 0.320. The number of esters is 1. The van der Waals surface area contributed by atoms with E-state index in [2.05, 4.69) is 4.79 Å². The summed E-state index contributed by atoms with van der Waals surface area (Å²) in [6.07, 6.45) is 5.86. The second-order valence-electron chi connectivity index (χ2n) is 7.68. The number of fused-ring (bicyclic) bond motifs is 1. The van der Waals surface area contributed by atoms with Crippen molar-refractivity contribution in [3.63, 3.8) is 0 Å². The molecule has 1 saturated heterocycles. The van der Waals surface area contributed by atoms with Crippen molar-refractivity contribution in [2.75, 3.05) is 13.7 Å². The van der Waals surface area contributed by atoms with Crippen molar-refractivity contribution in [3.8, 4) is 5.75 Å². The normalized spacial score (nSPS) is 20.7. The molecule has 1 aliphatic carbocycles. The average Bonchev–Trinajstić information content (AvgIpc) is 3.40. The van der Waals surface area contributed by atoms with Crippen molar-refractivity contribution < 1.29 is 23.9 Å². The van der Waals surface area contributed by atoms with Gasteiger partial charge >= 0.3 is 12.2 Å². The van der Waals surface area contributed by atoms with Crippen molar-refractivity contribution in [1.29, 1.82) is 0 Å². The van der Waals surface area contributed by atoms with Crippen LogP contribution < -0.4 is 4.74 Å². The third-order valence-corrected chi connectivity index (χ3v) is 5.51. The molecule has 0 N–H and O–H groups in total. The lowest BCUT2D eigenvalue weighted by molar-refractivity contribution is -0.141. The van der Waals surface area contributed by atoms with Gasteiger partial charge in [0.25, 0.3) is 0 Å². The molecule has 0 bridgehead atoms. The minimum atomic E-state index is -0.170. The van der Waals surface area contributed by atoms with Gasteiger partial charge in [0.15, 0.2) is 0 Å². The summed E-state index contributed by atoms with van der Waals surface area (Å²) in [4.78, 5) is 24.9. The lowest BCUT2D eigenvalue weighted by Gasteiger charge is -2.05. The fourth-order valence-corrected chi connectivity index (χ4v) is 3.71. The highest BCUT2D eigenvalue weighted by atomic mass is 16.5. The molecule has 160 valence electrons. The Morgan fingerprint density at radius 2 is 1.87 bits per heavy atom. The van der Waals surface area contributed by atoms with Crippen LogP contribution in [0.3, 0.4) is 0 Å². The third kappa shape index (κ3) is 6.00. The Morgan fingerprint density at radius 3 is 2.45 bits per heavy atom. The summed E-state index contributed by atoms with van der Waals surface area (Å²) in [6.45, 7) is 2.64. The first-order chi connectivity index (χ1) is 15.0. The van der Waals surface area contributed by atoms with Gasteiger partial charge in [0.1, 0.15) is 5.75 Å². The molecule has 4 rings (SSSR count). The van der Waals surface area contributed by atoms with E-state index in [-0.39, 0.29) is 17.7 Å². The molecule has 2 aromatic rings. The molecular formula is C25H26N2O4. The second kappa shape index (κ2) is 10.5. The van der Waals surface area contributed by atoms with Crippen LogP contribution in [0.1, 0.15) is 35.4 Å². The van der Waals surface area contributed by atoms with Crippen LogP contribution in [0.4, 0.5) is 0 Å². The molecule has 2 aromatic carbocycles. The minimum Gasteiger partial charge on any atom is -0.497 e. The number of allylic oxidation sites excluding steroid dienone is 1. The number of hydrogen-bond acceptors (Lipinski definition) is 4. The maximum Gasteiger partial charge on any atom is 0.323 e. The van der Waals surface area contributed by atoms with E-state index in [9.17, 15) is 9.59 Å². The molecule has 1 aliphatic heterocycles. The van der Waals surface area contributed by atoms with Crippen LogP contribution in [0.5, 0.6) is 5.75 Å². The largest absolute Gasteiger partial charge is 0.497 e. The standard InChI is InChI=1S/C13H14N2O.C12H12O3/c1-11-6-8-12(9-7-11)4-2-3-5-13(16)10-15-14;1-14-8-4-2-7(3-5-8)10-9-6-15-12(13)11(9)10/h2,4,6-10H,3,5H2,1H3;2-5,9-11H,6H2,1H3/b4-2+;. The van der Waals surface area contributed by atoms with Crippen molar-refractivity contribution in [1.82, 2.24) is 0 Å². The summed E-state index contributed by atoms with van der Waals surface area (Å²) in [5.74, 6) is 1.59. The van der Waals surface area contributed by atoms with Crippen molar-refractivity contribution in [2.24, 2.45) is 11.8 Å². The number of aryl methyl sites for hydroxylation is 1. The zero-order chi connectivity index (χ0) is 22.2. The van der Waals surface area contributed by atoms with Gasteiger partial charge in [-0.15, -0.1) is 0 Å². The van der Waals surface area contributed by atoms with E-state index in [1.54, 1.807) is 7.11 Å². The van der Waals surface area contributed by atoms with Crippen LogP contribution in [0.2, 0.25) is 0 Å². The van der Waals surface area contributed by atoms with E-state index in [1.165, 1.54) is 11.1 Å². The lowest BCUT2D eigenvalue weighted by atomic mass is 10.1. The van der Waals surface area contributed by atoms with Gasteiger partial charge in [0.2, 0.25) is 5.78 Å². The molecule has 0 radical (unpaired) electrons. The Bertz CT molecular complexity index is 989. The predicted octanol–water partition coefficient (Wildman–Crippen LogP) is 4.24. The second-order valence-corrected chi connectivity index (χ2v) is 7.68. The lowest BCUT2D eigenvalue weighted by Crippen LogP contribution is -2.04. The maximum absolute atomic E-state index is 11.3. The molecular weight excluding hydrogens is 392 g/mol. The number of Topliss-reactive ketones (excluding diaryl/α,β-unsaturated/α-hetero) is 1. The van der Waals surface area contributed by atoms with Crippen LogP contribution >= 0.6 is 0 Å². The number of carbonyl (C=O) groups excluding carboxylic acids is 2. The Morgan fingerprint density at radius 1 is 1.16 bits per heavy atom. The molecule has 6 heteroatoms.